The largest absolute Gasteiger partial charge is 0.354 e. The average Bonchev–Trinajstić information content (AvgIpc) is 2.51. The van der Waals surface area contributed by atoms with E-state index >= 15 is 0 Å². The maximum Gasteiger partial charge on any atom is 0.224 e. The van der Waals surface area contributed by atoms with E-state index < -0.39 is 0 Å². The van der Waals surface area contributed by atoms with Crippen LogP contribution in [0.4, 0.5) is 17.5 Å². The summed E-state index contributed by atoms with van der Waals surface area (Å²) in [6.45, 7) is 6.55. The minimum atomic E-state index is 0.0470. The Bertz CT molecular complexity index is 670. The zero-order chi connectivity index (χ0) is 16.7. The van der Waals surface area contributed by atoms with Gasteiger partial charge in [-0.25, -0.2) is 4.98 Å². The van der Waals surface area contributed by atoms with Crippen molar-refractivity contribution in [3.8, 4) is 0 Å². The molecule has 1 heterocycles. The first-order chi connectivity index (χ1) is 11.1. The van der Waals surface area contributed by atoms with E-state index in [1.54, 1.807) is 13.0 Å². The fourth-order valence-electron chi connectivity index (χ4n) is 2.25. The molecule has 0 amide bonds. The second kappa shape index (κ2) is 8.27. The van der Waals surface area contributed by atoms with Crippen molar-refractivity contribution >= 4 is 23.2 Å². The van der Waals surface area contributed by atoms with Crippen LogP contribution in [0, 0.1) is 6.92 Å². The van der Waals surface area contributed by atoms with Gasteiger partial charge < -0.3 is 10.6 Å². The van der Waals surface area contributed by atoms with E-state index in [0.29, 0.717) is 11.5 Å². The van der Waals surface area contributed by atoms with Crippen molar-refractivity contribution < 1.29 is 4.79 Å². The number of aryl methyl sites for hydroxylation is 1. The normalized spacial score (nSPS) is 10.4. The molecule has 5 nitrogen and oxygen atoms in total. The van der Waals surface area contributed by atoms with Crippen molar-refractivity contribution in [1.82, 2.24) is 9.97 Å². The van der Waals surface area contributed by atoms with Gasteiger partial charge in [-0.1, -0.05) is 31.9 Å². The number of aromatic nitrogens is 2. The van der Waals surface area contributed by atoms with Crippen molar-refractivity contribution in [3.05, 3.63) is 41.6 Å². The Balaban J connectivity index is 2.09. The predicted octanol–water partition coefficient (Wildman–Crippen LogP) is 4.33. The summed E-state index contributed by atoms with van der Waals surface area (Å²) in [5, 5.41) is 6.50. The maximum absolute atomic E-state index is 11.5. The first-order valence-corrected chi connectivity index (χ1v) is 8.06. The standard InChI is InChI=1S/C18H24N4O/c1-4-5-6-10-19-18-20-13(2)11-17(22-18)21-16-9-7-8-15(12-16)14(3)23/h7-9,11-12H,4-6,10H2,1-3H3,(H2,19,20,21,22). The van der Waals surface area contributed by atoms with E-state index in [2.05, 4.69) is 27.5 Å². The van der Waals surface area contributed by atoms with E-state index in [4.69, 9.17) is 0 Å². The third-order valence-electron chi connectivity index (χ3n) is 3.46. The number of hydrogen-bond donors (Lipinski definition) is 2. The van der Waals surface area contributed by atoms with Gasteiger partial charge in [0.2, 0.25) is 5.95 Å². The average molecular weight is 312 g/mol. The lowest BCUT2D eigenvalue weighted by atomic mass is 10.1. The lowest BCUT2D eigenvalue weighted by molar-refractivity contribution is 0.101. The van der Waals surface area contributed by atoms with Crippen LogP contribution in [0.25, 0.3) is 0 Å². The van der Waals surface area contributed by atoms with Crippen LogP contribution in [0.1, 0.15) is 49.2 Å². The molecule has 0 aliphatic rings. The van der Waals surface area contributed by atoms with Crippen molar-refractivity contribution in [3.63, 3.8) is 0 Å². The minimum absolute atomic E-state index is 0.0470. The molecule has 2 rings (SSSR count). The number of carbonyl (C=O) groups excluding carboxylic acids is 1. The Morgan fingerprint density at radius 1 is 1.17 bits per heavy atom. The molecule has 0 aliphatic heterocycles. The lowest BCUT2D eigenvalue weighted by Crippen LogP contribution is -2.07. The molecule has 2 N–H and O–H groups in total. The van der Waals surface area contributed by atoms with Gasteiger partial charge in [-0.05, 0) is 32.4 Å². The molecule has 0 spiro atoms. The highest BCUT2D eigenvalue weighted by Crippen LogP contribution is 2.18. The van der Waals surface area contributed by atoms with Crippen LogP contribution in [0.3, 0.4) is 0 Å². The molecule has 0 bridgehead atoms. The molecule has 5 heteroatoms. The van der Waals surface area contributed by atoms with Gasteiger partial charge in [-0.15, -0.1) is 0 Å². The van der Waals surface area contributed by atoms with Gasteiger partial charge in [-0.2, -0.15) is 4.98 Å². The molecule has 2 aromatic rings. The number of nitrogens with zero attached hydrogens (tertiary/aromatic N) is 2. The molecule has 0 saturated heterocycles. The van der Waals surface area contributed by atoms with Crippen molar-refractivity contribution in [2.24, 2.45) is 0 Å². The summed E-state index contributed by atoms with van der Waals surface area (Å²) >= 11 is 0. The van der Waals surface area contributed by atoms with Crippen LogP contribution in [0.5, 0.6) is 0 Å². The summed E-state index contributed by atoms with van der Waals surface area (Å²) in [5.41, 5.74) is 2.41. The molecule has 122 valence electrons. The van der Waals surface area contributed by atoms with Gasteiger partial charge in [0, 0.05) is 29.6 Å². The Morgan fingerprint density at radius 3 is 2.74 bits per heavy atom. The van der Waals surface area contributed by atoms with Gasteiger partial charge in [0.15, 0.2) is 5.78 Å². The number of carbonyl (C=O) groups is 1. The summed E-state index contributed by atoms with van der Waals surface area (Å²) in [7, 11) is 0. The molecule has 0 atom stereocenters. The van der Waals surface area contributed by atoms with Crippen LogP contribution in [-0.4, -0.2) is 22.3 Å². The van der Waals surface area contributed by atoms with Crippen molar-refractivity contribution in [2.45, 2.75) is 40.0 Å². The van der Waals surface area contributed by atoms with Gasteiger partial charge in [-0.3, -0.25) is 4.79 Å². The Morgan fingerprint density at radius 2 is 2.00 bits per heavy atom. The Labute approximate surface area is 137 Å². The molecule has 1 aromatic carbocycles. The van der Waals surface area contributed by atoms with Crippen LogP contribution in [0.15, 0.2) is 30.3 Å². The molecular weight excluding hydrogens is 288 g/mol. The third kappa shape index (κ3) is 5.36. The fraction of sp³-hybridized carbons (Fsp3) is 0.389. The SMILES string of the molecule is CCCCCNc1nc(C)cc(Nc2cccc(C(C)=O)c2)n1. The summed E-state index contributed by atoms with van der Waals surface area (Å²) in [4.78, 5) is 20.4. The van der Waals surface area contributed by atoms with E-state index in [1.165, 1.54) is 12.8 Å². The topological polar surface area (TPSA) is 66.9 Å². The number of nitrogens with one attached hydrogen (secondary N) is 2. The molecule has 23 heavy (non-hydrogen) atoms. The quantitative estimate of drug-likeness (QED) is 0.561. The van der Waals surface area contributed by atoms with E-state index in [0.717, 1.165) is 30.2 Å². The zero-order valence-electron chi connectivity index (χ0n) is 14.0. The summed E-state index contributed by atoms with van der Waals surface area (Å²) in [6.07, 6.45) is 3.49. The van der Waals surface area contributed by atoms with Gasteiger partial charge in [0.25, 0.3) is 0 Å². The minimum Gasteiger partial charge on any atom is -0.354 e. The zero-order valence-corrected chi connectivity index (χ0v) is 14.0. The number of ketones is 1. The van der Waals surface area contributed by atoms with E-state index in [-0.39, 0.29) is 5.78 Å². The monoisotopic (exact) mass is 312 g/mol. The number of unbranched alkanes of at least 4 members (excludes halogenated alkanes) is 2. The third-order valence-corrected chi connectivity index (χ3v) is 3.46. The fourth-order valence-corrected chi connectivity index (χ4v) is 2.25. The summed E-state index contributed by atoms with van der Waals surface area (Å²) in [5.74, 6) is 1.40. The second-order valence-electron chi connectivity index (χ2n) is 5.61. The van der Waals surface area contributed by atoms with Crippen molar-refractivity contribution in [2.75, 3.05) is 17.2 Å². The van der Waals surface area contributed by atoms with E-state index in [1.807, 2.05) is 31.2 Å². The van der Waals surface area contributed by atoms with Gasteiger partial charge in [0.1, 0.15) is 5.82 Å². The van der Waals surface area contributed by atoms with Crippen molar-refractivity contribution in [1.29, 1.82) is 0 Å². The van der Waals surface area contributed by atoms with Crippen LogP contribution >= 0.6 is 0 Å². The molecule has 0 unspecified atom stereocenters. The number of hydrogen-bond acceptors (Lipinski definition) is 5. The molecule has 0 fully saturated rings. The van der Waals surface area contributed by atoms with E-state index in [9.17, 15) is 4.79 Å². The highest BCUT2D eigenvalue weighted by atomic mass is 16.1. The Kier molecular flexibility index (Phi) is 6.09. The van der Waals surface area contributed by atoms with Crippen LogP contribution in [-0.2, 0) is 0 Å². The number of anilines is 3. The predicted molar refractivity (Wildman–Crippen MR) is 94.5 cm³/mol. The second-order valence-corrected chi connectivity index (χ2v) is 5.61. The number of Topliss-reactive ketones (excluding diaryl/α,β-unsaturated/α-hetero) is 1. The van der Waals surface area contributed by atoms with Crippen LogP contribution in [0.2, 0.25) is 0 Å². The number of rotatable bonds is 8. The summed E-state index contributed by atoms with van der Waals surface area (Å²) in [6, 6.07) is 9.29. The molecule has 1 aromatic heterocycles. The highest BCUT2D eigenvalue weighted by molar-refractivity contribution is 5.95. The summed E-state index contributed by atoms with van der Waals surface area (Å²) < 4.78 is 0. The van der Waals surface area contributed by atoms with Gasteiger partial charge in [0.05, 0.1) is 0 Å². The first kappa shape index (κ1) is 16.9. The van der Waals surface area contributed by atoms with Gasteiger partial charge >= 0.3 is 0 Å². The molecule has 0 radical (unpaired) electrons. The molecular formula is C18H24N4O. The first-order valence-electron chi connectivity index (χ1n) is 8.06. The molecule has 0 aliphatic carbocycles. The Hall–Kier alpha value is -2.43. The number of benzene rings is 1. The lowest BCUT2D eigenvalue weighted by Gasteiger charge is -2.10. The molecule has 0 saturated carbocycles. The smallest absolute Gasteiger partial charge is 0.224 e. The highest BCUT2D eigenvalue weighted by Gasteiger charge is 2.04. The maximum atomic E-state index is 11.5. The van der Waals surface area contributed by atoms with Crippen LogP contribution < -0.4 is 10.6 Å².